The maximum atomic E-state index is 12.0. The summed E-state index contributed by atoms with van der Waals surface area (Å²) in [6.07, 6.45) is 2.10. The van der Waals surface area contributed by atoms with Gasteiger partial charge in [-0.3, -0.25) is 9.69 Å². The highest BCUT2D eigenvalue weighted by atomic mass is 16.2. The quantitative estimate of drug-likeness (QED) is 0.882. The van der Waals surface area contributed by atoms with Crippen molar-refractivity contribution in [3.63, 3.8) is 0 Å². The summed E-state index contributed by atoms with van der Waals surface area (Å²) in [5, 5.41) is 2.93. The Kier molecular flexibility index (Phi) is 4.37. The standard InChI is InChI=1S/C15H22N2O/c1-3-16-15(18)14-8-5-9-17(14)11-13-7-4-6-12(2)10-13/h4,6-7,10,14H,3,5,8-9,11H2,1-2H3,(H,16,18)/t14-/m1/s1. The summed E-state index contributed by atoms with van der Waals surface area (Å²) in [5.41, 5.74) is 2.58. The van der Waals surface area contributed by atoms with E-state index in [0.29, 0.717) is 6.54 Å². The van der Waals surface area contributed by atoms with Crippen LogP contribution >= 0.6 is 0 Å². The molecule has 0 aliphatic carbocycles. The number of carbonyl (C=O) groups is 1. The van der Waals surface area contributed by atoms with Crippen LogP contribution in [-0.2, 0) is 11.3 Å². The lowest BCUT2D eigenvalue weighted by atomic mass is 10.1. The third kappa shape index (κ3) is 3.10. The monoisotopic (exact) mass is 246 g/mol. The third-order valence-corrected chi connectivity index (χ3v) is 3.49. The number of amides is 1. The lowest BCUT2D eigenvalue weighted by Crippen LogP contribution is -2.42. The highest BCUT2D eigenvalue weighted by Crippen LogP contribution is 2.20. The minimum Gasteiger partial charge on any atom is -0.355 e. The van der Waals surface area contributed by atoms with Gasteiger partial charge in [0.1, 0.15) is 0 Å². The van der Waals surface area contributed by atoms with Crippen LogP contribution in [0.15, 0.2) is 24.3 Å². The molecular weight excluding hydrogens is 224 g/mol. The molecule has 1 N–H and O–H groups in total. The van der Waals surface area contributed by atoms with Crippen LogP contribution in [0, 0.1) is 6.92 Å². The van der Waals surface area contributed by atoms with Gasteiger partial charge in [0.25, 0.3) is 0 Å². The van der Waals surface area contributed by atoms with Gasteiger partial charge in [0, 0.05) is 13.1 Å². The van der Waals surface area contributed by atoms with Crippen molar-refractivity contribution in [3.05, 3.63) is 35.4 Å². The maximum Gasteiger partial charge on any atom is 0.237 e. The van der Waals surface area contributed by atoms with Crippen molar-refractivity contribution < 1.29 is 4.79 Å². The van der Waals surface area contributed by atoms with Gasteiger partial charge >= 0.3 is 0 Å². The topological polar surface area (TPSA) is 32.3 Å². The van der Waals surface area contributed by atoms with Gasteiger partial charge in [0.05, 0.1) is 6.04 Å². The van der Waals surface area contributed by atoms with Gasteiger partial charge in [-0.1, -0.05) is 29.8 Å². The van der Waals surface area contributed by atoms with Crippen LogP contribution in [0.3, 0.4) is 0 Å². The first-order chi connectivity index (χ1) is 8.70. The Hall–Kier alpha value is -1.35. The van der Waals surface area contributed by atoms with E-state index in [-0.39, 0.29) is 11.9 Å². The van der Waals surface area contributed by atoms with E-state index in [2.05, 4.69) is 41.4 Å². The van der Waals surface area contributed by atoms with Crippen molar-refractivity contribution in [2.45, 2.75) is 39.3 Å². The molecule has 1 saturated heterocycles. The van der Waals surface area contributed by atoms with Crippen molar-refractivity contribution in [2.75, 3.05) is 13.1 Å². The predicted octanol–water partition coefficient (Wildman–Crippen LogP) is 2.10. The Morgan fingerprint density at radius 3 is 3.06 bits per heavy atom. The third-order valence-electron chi connectivity index (χ3n) is 3.49. The first-order valence-electron chi connectivity index (χ1n) is 6.78. The van der Waals surface area contributed by atoms with Crippen molar-refractivity contribution in [1.29, 1.82) is 0 Å². The van der Waals surface area contributed by atoms with E-state index in [9.17, 15) is 4.79 Å². The molecule has 0 unspecified atom stereocenters. The molecule has 1 amide bonds. The summed E-state index contributed by atoms with van der Waals surface area (Å²) in [5.74, 6) is 0.183. The summed E-state index contributed by atoms with van der Waals surface area (Å²) < 4.78 is 0. The van der Waals surface area contributed by atoms with Gasteiger partial charge in [-0.15, -0.1) is 0 Å². The Labute approximate surface area is 109 Å². The molecule has 0 saturated carbocycles. The van der Waals surface area contributed by atoms with Crippen LogP contribution in [0.5, 0.6) is 0 Å². The van der Waals surface area contributed by atoms with Gasteiger partial charge in [-0.25, -0.2) is 0 Å². The summed E-state index contributed by atoms with van der Waals surface area (Å²) in [6.45, 7) is 6.69. The number of hydrogen-bond acceptors (Lipinski definition) is 2. The first-order valence-corrected chi connectivity index (χ1v) is 6.78. The Morgan fingerprint density at radius 1 is 1.50 bits per heavy atom. The number of benzene rings is 1. The van der Waals surface area contributed by atoms with Gasteiger partial charge in [0.15, 0.2) is 0 Å². The number of nitrogens with one attached hydrogen (secondary N) is 1. The number of likely N-dealkylation sites (N-methyl/N-ethyl adjacent to an activating group) is 1. The molecule has 1 heterocycles. The smallest absolute Gasteiger partial charge is 0.237 e. The number of likely N-dealkylation sites (tertiary alicyclic amines) is 1. The van der Waals surface area contributed by atoms with Gasteiger partial charge in [-0.2, -0.15) is 0 Å². The minimum atomic E-state index is 0.0606. The zero-order valence-corrected chi connectivity index (χ0v) is 11.3. The van der Waals surface area contributed by atoms with Gasteiger partial charge in [0.2, 0.25) is 5.91 Å². The fraction of sp³-hybridized carbons (Fsp3) is 0.533. The van der Waals surface area contributed by atoms with Crippen molar-refractivity contribution in [3.8, 4) is 0 Å². The maximum absolute atomic E-state index is 12.0. The van der Waals surface area contributed by atoms with Crippen molar-refractivity contribution >= 4 is 5.91 Å². The molecule has 18 heavy (non-hydrogen) atoms. The first kappa shape index (κ1) is 13.1. The summed E-state index contributed by atoms with van der Waals surface area (Å²) in [7, 11) is 0. The lowest BCUT2D eigenvalue weighted by Gasteiger charge is -2.23. The van der Waals surface area contributed by atoms with E-state index < -0.39 is 0 Å². The van der Waals surface area contributed by atoms with E-state index >= 15 is 0 Å². The second kappa shape index (κ2) is 6.01. The van der Waals surface area contributed by atoms with E-state index in [1.165, 1.54) is 11.1 Å². The SMILES string of the molecule is CCNC(=O)[C@H]1CCCN1Cc1cccc(C)c1. The van der Waals surface area contributed by atoms with E-state index in [0.717, 1.165) is 25.9 Å². The molecule has 1 aliphatic heterocycles. The minimum absolute atomic E-state index is 0.0606. The molecule has 1 aliphatic rings. The Morgan fingerprint density at radius 2 is 2.33 bits per heavy atom. The molecule has 0 radical (unpaired) electrons. The molecule has 0 bridgehead atoms. The zero-order valence-electron chi connectivity index (χ0n) is 11.3. The second-order valence-electron chi connectivity index (χ2n) is 5.01. The Balaban J connectivity index is 2.01. The highest BCUT2D eigenvalue weighted by Gasteiger charge is 2.29. The van der Waals surface area contributed by atoms with Crippen molar-refractivity contribution in [2.24, 2.45) is 0 Å². The van der Waals surface area contributed by atoms with E-state index in [1.54, 1.807) is 0 Å². The molecule has 0 aromatic heterocycles. The molecule has 1 aromatic carbocycles. The van der Waals surface area contributed by atoms with Crippen molar-refractivity contribution in [1.82, 2.24) is 10.2 Å². The lowest BCUT2D eigenvalue weighted by molar-refractivity contribution is -0.125. The summed E-state index contributed by atoms with van der Waals surface area (Å²) >= 11 is 0. The predicted molar refractivity (Wildman–Crippen MR) is 73.3 cm³/mol. The van der Waals surface area contributed by atoms with Crippen LogP contribution in [0.1, 0.15) is 30.9 Å². The molecule has 1 aromatic rings. The molecule has 0 spiro atoms. The second-order valence-corrected chi connectivity index (χ2v) is 5.01. The number of rotatable bonds is 4. The molecule has 1 atom stereocenters. The molecular formula is C15H22N2O. The van der Waals surface area contributed by atoms with Crippen LogP contribution in [0.2, 0.25) is 0 Å². The van der Waals surface area contributed by atoms with E-state index in [1.807, 2.05) is 6.92 Å². The van der Waals surface area contributed by atoms with Crippen LogP contribution in [0.25, 0.3) is 0 Å². The Bertz CT molecular complexity index is 417. The highest BCUT2D eigenvalue weighted by molar-refractivity contribution is 5.81. The fourth-order valence-corrected chi connectivity index (χ4v) is 2.65. The van der Waals surface area contributed by atoms with E-state index in [4.69, 9.17) is 0 Å². The summed E-state index contributed by atoms with van der Waals surface area (Å²) in [6, 6.07) is 8.59. The van der Waals surface area contributed by atoms with Crippen LogP contribution in [-0.4, -0.2) is 29.9 Å². The van der Waals surface area contributed by atoms with Gasteiger partial charge in [-0.05, 0) is 38.8 Å². The molecule has 3 heteroatoms. The zero-order chi connectivity index (χ0) is 13.0. The molecule has 2 rings (SSSR count). The summed E-state index contributed by atoms with van der Waals surface area (Å²) in [4.78, 5) is 14.3. The molecule has 98 valence electrons. The van der Waals surface area contributed by atoms with Crippen LogP contribution < -0.4 is 5.32 Å². The molecule has 1 fully saturated rings. The molecule has 3 nitrogen and oxygen atoms in total. The number of carbonyl (C=O) groups excluding carboxylic acids is 1. The fourth-order valence-electron chi connectivity index (χ4n) is 2.65. The number of hydrogen-bond donors (Lipinski definition) is 1. The number of nitrogens with zero attached hydrogens (tertiary/aromatic N) is 1. The van der Waals surface area contributed by atoms with Crippen LogP contribution in [0.4, 0.5) is 0 Å². The normalized spacial score (nSPS) is 20.0. The average molecular weight is 246 g/mol. The average Bonchev–Trinajstić information content (AvgIpc) is 2.77. The van der Waals surface area contributed by atoms with Gasteiger partial charge < -0.3 is 5.32 Å². The largest absolute Gasteiger partial charge is 0.355 e. The number of aryl methyl sites for hydroxylation is 1.